The quantitative estimate of drug-likeness (QED) is 0.0858. The molecule has 2 aromatic carbocycles. The number of halogens is 1. The number of unbranched alkanes of at least 4 members (excludes halogenated alkanes) is 11. The number of nitrogens with one attached hydrogen (secondary N) is 1. The molecule has 43 heavy (non-hydrogen) atoms. The molecule has 0 aliphatic rings. The third kappa shape index (κ3) is 10.4. The third-order valence-electron chi connectivity index (χ3n) is 8.13. The van der Waals surface area contributed by atoms with Crippen LogP contribution in [-0.4, -0.2) is 17.5 Å². The van der Waals surface area contributed by atoms with Crippen molar-refractivity contribution >= 4 is 28.7 Å². The van der Waals surface area contributed by atoms with Gasteiger partial charge in [0.2, 0.25) is 5.91 Å². The van der Waals surface area contributed by atoms with E-state index in [1.54, 1.807) is 6.92 Å². The van der Waals surface area contributed by atoms with Crippen LogP contribution in [0, 0.1) is 0 Å². The number of aromatic amines is 1. The van der Waals surface area contributed by atoms with Crippen molar-refractivity contribution in [3.63, 3.8) is 0 Å². The molecule has 0 aliphatic heterocycles. The maximum atomic E-state index is 12.8. The van der Waals surface area contributed by atoms with Crippen LogP contribution >= 0.6 is 11.6 Å². The standard InChI is InChI=1S/C37H48ClN3O2/c1-3-4-5-6-7-8-9-10-11-12-13-16-24-43-36-26-32(21-22-35(36)38)29-41(30(2)42)33-20-17-18-31(25-33)27-37-39-28-34-19-14-15-23-40(34)37/h14-15,17-23,25-26,28H,3-13,16,24,27,29H2,1-2H3/p+1. The smallest absolute Gasteiger partial charge is 0.263 e. The minimum Gasteiger partial charge on any atom is -0.492 e. The summed E-state index contributed by atoms with van der Waals surface area (Å²) in [6.45, 7) is 4.99. The molecule has 0 spiro atoms. The van der Waals surface area contributed by atoms with E-state index in [4.69, 9.17) is 16.3 Å². The van der Waals surface area contributed by atoms with E-state index < -0.39 is 0 Å². The van der Waals surface area contributed by atoms with Crippen molar-refractivity contribution in [1.29, 1.82) is 0 Å². The van der Waals surface area contributed by atoms with Crippen molar-refractivity contribution in [1.82, 2.24) is 4.98 Å². The first kappa shape index (κ1) is 32.6. The minimum absolute atomic E-state index is 0.00856. The topological polar surface area (TPSA) is 49.4 Å². The molecule has 0 atom stereocenters. The molecule has 4 aromatic rings. The number of hydrogen-bond donors (Lipinski definition) is 1. The molecule has 6 heteroatoms. The molecule has 0 saturated carbocycles. The highest BCUT2D eigenvalue weighted by Gasteiger charge is 2.16. The number of anilines is 1. The van der Waals surface area contributed by atoms with Crippen LogP contribution < -0.4 is 14.0 Å². The number of amides is 1. The molecule has 1 N–H and O–H groups in total. The highest BCUT2D eigenvalue weighted by molar-refractivity contribution is 6.32. The lowest BCUT2D eigenvalue weighted by Crippen LogP contribution is -2.28. The number of carbonyl (C=O) groups is 1. The maximum absolute atomic E-state index is 12.8. The molecular weight excluding hydrogens is 554 g/mol. The number of ether oxygens (including phenoxy) is 1. The number of aromatic nitrogens is 2. The van der Waals surface area contributed by atoms with Gasteiger partial charge in [-0.25, -0.2) is 4.98 Å². The van der Waals surface area contributed by atoms with E-state index in [0.29, 0.717) is 23.9 Å². The fraction of sp³-hybridized carbons (Fsp3) is 0.459. The number of nitrogens with zero attached hydrogens (tertiary/aromatic N) is 2. The number of benzene rings is 2. The Bertz CT molecular complexity index is 1420. The van der Waals surface area contributed by atoms with Crippen LogP contribution in [-0.2, 0) is 17.8 Å². The van der Waals surface area contributed by atoms with Gasteiger partial charge in [0, 0.05) is 12.6 Å². The molecule has 0 saturated heterocycles. The van der Waals surface area contributed by atoms with Gasteiger partial charge >= 0.3 is 0 Å². The molecular formula is C37H49ClN3O2+. The van der Waals surface area contributed by atoms with Crippen LogP contribution in [0.5, 0.6) is 5.75 Å². The van der Waals surface area contributed by atoms with Gasteiger partial charge in [0.15, 0.2) is 5.52 Å². The van der Waals surface area contributed by atoms with E-state index in [0.717, 1.165) is 41.0 Å². The van der Waals surface area contributed by atoms with Gasteiger partial charge in [-0.1, -0.05) is 113 Å². The predicted molar refractivity (Wildman–Crippen MR) is 178 cm³/mol. The van der Waals surface area contributed by atoms with Crippen LogP contribution in [0.2, 0.25) is 5.02 Å². The lowest BCUT2D eigenvalue weighted by atomic mass is 10.1. The first-order valence-electron chi connectivity index (χ1n) is 16.3. The molecule has 5 nitrogen and oxygen atoms in total. The highest BCUT2D eigenvalue weighted by Crippen LogP contribution is 2.28. The summed E-state index contributed by atoms with van der Waals surface area (Å²) in [5.41, 5.74) is 4.12. The monoisotopic (exact) mass is 602 g/mol. The van der Waals surface area contributed by atoms with Gasteiger partial charge in [0.25, 0.3) is 5.82 Å². The van der Waals surface area contributed by atoms with E-state index in [1.165, 1.54) is 70.6 Å². The zero-order valence-electron chi connectivity index (χ0n) is 26.1. The molecule has 4 rings (SSSR count). The predicted octanol–water partition coefficient (Wildman–Crippen LogP) is 9.63. The van der Waals surface area contributed by atoms with Crippen molar-refractivity contribution in [2.45, 2.75) is 104 Å². The fourth-order valence-corrected chi connectivity index (χ4v) is 5.83. The number of pyridine rings is 1. The zero-order valence-corrected chi connectivity index (χ0v) is 26.9. The summed E-state index contributed by atoms with van der Waals surface area (Å²) < 4.78 is 8.24. The number of hydrogen-bond acceptors (Lipinski definition) is 2. The summed E-state index contributed by atoms with van der Waals surface area (Å²) >= 11 is 6.48. The summed E-state index contributed by atoms with van der Waals surface area (Å²) in [5.74, 6) is 1.77. The van der Waals surface area contributed by atoms with Crippen molar-refractivity contribution in [3.8, 4) is 5.75 Å². The summed E-state index contributed by atoms with van der Waals surface area (Å²) in [6, 6.07) is 20.2. The number of H-pyrrole nitrogens is 1. The van der Waals surface area contributed by atoms with Gasteiger partial charge in [-0.05, 0) is 53.9 Å². The fourth-order valence-electron chi connectivity index (χ4n) is 5.66. The van der Waals surface area contributed by atoms with Gasteiger partial charge in [-0.2, -0.15) is 4.40 Å². The Morgan fingerprint density at radius 2 is 1.56 bits per heavy atom. The van der Waals surface area contributed by atoms with Crippen molar-refractivity contribution in [2.24, 2.45) is 0 Å². The van der Waals surface area contributed by atoms with E-state index >= 15 is 0 Å². The van der Waals surface area contributed by atoms with Gasteiger partial charge in [0.1, 0.15) is 11.9 Å². The third-order valence-corrected chi connectivity index (χ3v) is 8.45. The van der Waals surface area contributed by atoms with Gasteiger partial charge < -0.3 is 9.64 Å². The van der Waals surface area contributed by atoms with Crippen molar-refractivity contribution in [2.75, 3.05) is 11.5 Å². The maximum Gasteiger partial charge on any atom is 0.263 e. The van der Waals surface area contributed by atoms with E-state index in [9.17, 15) is 4.79 Å². The Kier molecular flexibility index (Phi) is 13.4. The summed E-state index contributed by atoms with van der Waals surface area (Å²) in [6.07, 6.45) is 20.6. The van der Waals surface area contributed by atoms with Crippen molar-refractivity contribution < 1.29 is 13.9 Å². The van der Waals surface area contributed by atoms with Gasteiger partial charge in [-0.15, -0.1) is 0 Å². The molecule has 0 radical (unpaired) electrons. The Labute approximate surface area is 263 Å². The van der Waals surface area contributed by atoms with E-state index in [1.807, 2.05) is 53.6 Å². The number of imidazole rings is 1. The summed E-state index contributed by atoms with van der Waals surface area (Å²) in [7, 11) is 0. The summed E-state index contributed by atoms with van der Waals surface area (Å²) in [4.78, 5) is 18.0. The van der Waals surface area contributed by atoms with Crippen LogP contribution in [0.1, 0.15) is 108 Å². The lowest BCUT2D eigenvalue weighted by molar-refractivity contribution is -0.520. The van der Waals surface area contributed by atoms with E-state index in [-0.39, 0.29) is 5.91 Å². The van der Waals surface area contributed by atoms with Crippen LogP contribution in [0.4, 0.5) is 5.69 Å². The SMILES string of the molecule is CCCCCCCCCCCCCCOc1cc(CN(C(C)=O)c2cccc(Cc3[nH]cc4cccc[n+]34)c2)ccc1Cl. The molecule has 0 aliphatic carbocycles. The Hall–Kier alpha value is -3.31. The molecule has 0 fully saturated rings. The lowest BCUT2D eigenvalue weighted by Gasteiger charge is -2.22. The second-order valence-corrected chi connectivity index (χ2v) is 12.1. The number of carbonyl (C=O) groups excluding carboxylic acids is 1. The molecule has 1 amide bonds. The van der Waals surface area contributed by atoms with Gasteiger partial charge in [-0.3, -0.25) is 4.79 Å². The number of fused-ring (bicyclic) bond motifs is 1. The normalized spacial score (nSPS) is 11.2. The Morgan fingerprint density at radius 1 is 0.837 bits per heavy atom. The average molecular weight is 603 g/mol. The minimum atomic E-state index is -0.00856. The van der Waals surface area contributed by atoms with Crippen LogP contribution in [0.3, 0.4) is 0 Å². The second-order valence-electron chi connectivity index (χ2n) is 11.7. The zero-order chi connectivity index (χ0) is 30.3. The Balaban J connectivity index is 1.25. The molecule has 2 aromatic heterocycles. The van der Waals surface area contributed by atoms with E-state index in [2.05, 4.69) is 40.7 Å². The first-order valence-corrected chi connectivity index (χ1v) is 16.7. The first-order chi connectivity index (χ1) is 21.0. The average Bonchev–Trinajstić information content (AvgIpc) is 3.42. The Morgan fingerprint density at radius 3 is 2.28 bits per heavy atom. The number of rotatable bonds is 19. The highest BCUT2D eigenvalue weighted by atomic mass is 35.5. The van der Waals surface area contributed by atoms with Crippen LogP contribution in [0.15, 0.2) is 73.1 Å². The molecule has 0 unspecified atom stereocenters. The molecule has 2 heterocycles. The van der Waals surface area contributed by atoms with Gasteiger partial charge in [0.05, 0.1) is 30.8 Å². The van der Waals surface area contributed by atoms with Crippen molar-refractivity contribution in [3.05, 3.63) is 95.0 Å². The summed E-state index contributed by atoms with van der Waals surface area (Å²) in [5, 5.41) is 0.606. The molecule has 230 valence electrons. The van der Waals surface area contributed by atoms with Crippen LogP contribution in [0.25, 0.3) is 5.52 Å². The molecule has 0 bridgehead atoms. The second kappa shape index (κ2) is 17.7. The largest absolute Gasteiger partial charge is 0.492 e.